The van der Waals surface area contributed by atoms with Crippen LogP contribution in [0.4, 0.5) is 13.2 Å². The van der Waals surface area contributed by atoms with Crippen molar-refractivity contribution >= 4 is 23.4 Å². The van der Waals surface area contributed by atoms with E-state index in [1.807, 2.05) is 0 Å². The largest absolute Gasteiger partial charge is 0.435 e. The number of benzene rings is 1. The molecule has 2 aliphatic heterocycles. The molecule has 0 bridgehead atoms. The number of fused-ring (bicyclic) bond motifs is 1. The minimum absolute atomic E-state index is 0.0370. The van der Waals surface area contributed by atoms with Gasteiger partial charge in [-0.2, -0.15) is 18.3 Å². The van der Waals surface area contributed by atoms with Gasteiger partial charge in [-0.15, -0.1) is 0 Å². The van der Waals surface area contributed by atoms with Crippen LogP contribution in [0.15, 0.2) is 24.3 Å². The number of rotatable bonds is 3. The maximum Gasteiger partial charge on any atom is 0.435 e. The molecular formula is C21H22ClF3N4O2. The summed E-state index contributed by atoms with van der Waals surface area (Å²) in [5.74, 6) is -0.00616. The number of alkyl halides is 3. The van der Waals surface area contributed by atoms with Crippen molar-refractivity contribution in [1.82, 2.24) is 19.6 Å². The van der Waals surface area contributed by atoms with Crippen LogP contribution in [-0.2, 0) is 17.5 Å². The number of carbonyl (C=O) groups excluding carboxylic acids is 2. The van der Waals surface area contributed by atoms with Crippen LogP contribution < -0.4 is 0 Å². The summed E-state index contributed by atoms with van der Waals surface area (Å²) < 4.78 is 40.3. The fraction of sp³-hybridized carbons (Fsp3) is 0.476. The molecule has 6 nitrogen and oxygen atoms in total. The summed E-state index contributed by atoms with van der Waals surface area (Å²) in [6, 6.07) is 6.74. The maximum absolute atomic E-state index is 13.1. The highest BCUT2D eigenvalue weighted by Gasteiger charge is 2.43. The number of hydrogen-bond donors (Lipinski definition) is 0. The zero-order valence-electron chi connectivity index (χ0n) is 17.1. The van der Waals surface area contributed by atoms with Crippen molar-refractivity contribution < 1.29 is 22.8 Å². The number of amides is 2. The standard InChI is InChI=1S/C21H22ClF3N4O2/c1-12-13(2)29(26-19(12)21(23,24)25)11-18(30)27-7-15-9-28(10-16(15)8-27)20(31)14-3-5-17(22)6-4-14/h3-6,15-16H,7-11H2,1-2H3. The van der Waals surface area contributed by atoms with Gasteiger partial charge < -0.3 is 9.80 Å². The van der Waals surface area contributed by atoms with Crippen molar-refractivity contribution in [2.75, 3.05) is 26.2 Å². The Hall–Kier alpha value is -2.55. The third kappa shape index (κ3) is 4.15. The molecule has 1 aromatic carbocycles. The molecule has 3 heterocycles. The first kappa shape index (κ1) is 21.7. The fourth-order valence-electron chi connectivity index (χ4n) is 4.42. The van der Waals surface area contributed by atoms with Gasteiger partial charge in [0, 0.05) is 59.9 Å². The Labute approximate surface area is 182 Å². The van der Waals surface area contributed by atoms with E-state index in [1.165, 1.54) is 13.8 Å². The van der Waals surface area contributed by atoms with Crippen molar-refractivity contribution in [3.05, 3.63) is 51.8 Å². The van der Waals surface area contributed by atoms with Gasteiger partial charge in [-0.25, -0.2) is 0 Å². The van der Waals surface area contributed by atoms with Crippen LogP contribution in [0.3, 0.4) is 0 Å². The summed E-state index contributed by atoms with van der Waals surface area (Å²) in [6.07, 6.45) is -4.55. The van der Waals surface area contributed by atoms with E-state index in [0.29, 0.717) is 42.5 Å². The Bertz CT molecular complexity index is 1000. The summed E-state index contributed by atoms with van der Waals surface area (Å²) >= 11 is 5.88. The minimum atomic E-state index is -4.55. The molecule has 2 atom stereocenters. The monoisotopic (exact) mass is 454 g/mol. The maximum atomic E-state index is 13.1. The highest BCUT2D eigenvalue weighted by molar-refractivity contribution is 6.30. The Morgan fingerprint density at radius 2 is 1.58 bits per heavy atom. The van der Waals surface area contributed by atoms with E-state index in [9.17, 15) is 22.8 Å². The van der Waals surface area contributed by atoms with E-state index in [0.717, 1.165) is 4.68 Å². The van der Waals surface area contributed by atoms with Gasteiger partial charge in [0.15, 0.2) is 5.69 Å². The second kappa shape index (κ2) is 7.85. The average Bonchev–Trinajstić information content (AvgIpc) is 3.35. The predicted octanol–water partition coefficient (Wildman–Crippen LogP) is 3.40. The van der Waals surface area contributed by atoms with E-state index in [-0.39, 0.29) is 35.8 Å². The molecule has 2 fully saturated rings. The van der Waals surface area contributed by atoms with Crippen molar-refractivity contribution in [3.63, 3.8) is 0 Å². The second-order valence-electron chi connectivity index (χ2n) is 8.25. The Kier molecular flexibility index (Phi) is 5.49. The summed E-state index contributed by atoms with van der Waals surface area (Å²) in [7, 11) is 0. The zero-order valence-corrected chi connectivity index (χ0v) is 17.9. The van der Waals surface area contributed by atoms with Crippen molar-refractivity contribution in [1.29, 1.82) is 0 Å². The number of likely N-dealkylation sites (tertiary alicyclic amines) is 2. The molecule has 2 saturated heterocycles. The molecule has 1 aromatic heterocycles. The summed E-state index contributed by atoms with van der Waals surface area (Å²) in [4.78, 5) is 28.9. The average molecular weight is 455 g/mol. The number of aromatic nitrogens is 2. The highest BCUT2D eigenvalue weighted by Crippen LogP contribution is 2.33. The van der Waals surface area contributed by atoms with Gasteiger partial charge in [0.1, 0.15) is 6.54 Å². The Morgan fingerprint density at radius 1 is 1.03 bits per heavy atom. The summed E-state index contributed by atoms with van der Waals surface area (Å²) in [6.45, 7) is 4.73. The molecule has 10 heteroatoms. The van der Waals surface area contributed by atoms with E-state index in [1.54, 1.807) is 34.1 Å². The number of nitrogens with zero attached hydrogens (tertiary/aromatic N) is 4. The molecule has 166 valence electrons. The third-order valence-corrected chi connectivity index (χ3v) is 6.53. The summed E-state index contributed by atoms with van der Waals surface area (Å²) in [5.41, 5.74) is -0.00973. The lowest BCUT2D eigenvalue weighted by Crippen LogP contribution is -2.37. The molecule has 0 radical (unpaired) electrons. The lowest BCUT2D eigenvalue weighted by Gasteiger charge is -2.22. The van der Waals surface area contributed by atoms with Crippen LogP contribution in [0.1, 0.15) is 27.3 Å². The van der Waals surface area contributed by atoms with Crippen LogP contribution in [-0.4, -0.2) is 57.6 Å². The Balaban J connectivity index is 1.37. The van der Waals surface area contributed by atoms with E-state index < -0.39 is 11.9 Å². The van der Waals surface area contributed by atoms with Crippen molar-refractivity contribution in [2.24, 2.45) is 11.8 Å². The molecule has 2 amide bonds. The lowest BCUT2D eigenvalue weighted by atomic mass is 10.0. The molecule has 2 aromatic rings. The highest BCUT2D eigenvalue weighted by atomic mass is 35.5. The molecule has 0 spiro atoms. The Morgan fingerprint density at radius 3 is 2.10 bits per heavy atom. The van der Waals surface area contributed by atoms with Gasteiger partial charge in [-0.05, 0) is 38.1 Å². The summed E-state index contributed by atoms with van der Waals surface area (Å²) in [5, 5.41) is 4.18. The van der Waals surface area contributed by atoms with Crippen LogP contribution in [0.5, 0.6) is 0 Å². The first-order chi connectivity index (χ1) is 14.5. The lowest BCUT2D eigenvalue weighted by molar-refractivity contribution is -0.142. The number of halogens is 4. The van der Waals surface area contributed by atoms with Crippen LogP contribution >= 0.6 is 11.6 Å². The number of carbonyl (C=O) groups is 2. The molecule has 0 aliphatic carbocycles. The molecule has 2 unspecified atom stereocenters. The topological polar surface area (TPSA) is 58.4 Å². The van der Waals surface area contributed by atoms with Crippen molar-refractivity contribution in [3.8, 4) is 0 Å². The van der Waals surface area contributed by atoms with E-state index >= 15 is 0 Å². The fourth-order valence-corrected chi connectivity index (χ4v) is 4.55. The van der Waals surface area contributed by atoms with Gasteiger partial charge in [-0.3, -0.25) is 14.3 Å². The molecular weight excluding hydrogens is 433 g/mol. The first-order valence-electron chi connectivity index (χ1n) is 9.98. The minimum Gasteiger partial charge on any atom is -0.340 e. The molecule has 31 heavy (non-hydrogen) atoms. The van der Waals surface area contributed by atoms with Crippen molar-refractivity contribution in [2.45, 2.75) is 26.6 Å². The van der Waals surface area contributed by atoms with E-state index in [2.05, 4.69) is 5.10 Å². The quantitative estimate of drug-likeness (QED) is 0.714. The van der Waals surface area contributed by atoms with Gasteiger partial charge in [0.25, 0.3) is 5.91 Å². The van der Waals surface area contributed by atoms with Gasteiger partial charge in [0.2, 0.25) is 5.91 Å². The smallest absolute Gasteiger partial charge is 0.340 e. The van der Waals surface area contributed by atoms with Gasteiger partial charge >= 0.3 is 6.18 Å². The molecule has 4 rings (SSSR count). The molecule has 0 N–H and O–H groups in total. The molecule has 0 saturated carbocycles. The van der Waals surface area contributed by atoms with Gasteiger partial charge in [-0.1, -0.05) is 11.6 Å². The first-order valence-corrected chi connectivity index (χ1v) is 10.4. The number of hydrogen-bond acceptors (Lipinski definition) is 3. The normalized spacial score (nSPS) is 21.0. The predicted molar refractivity (Wildman–Crippen MR) is 108 cm³/mol. The van der Waals surface area contributed by atoms with Crippen LogP contribution in [0.2, 0.25) is 5.02 Å². The van der Waals surface area contributed by atoms with Gasteiger partial charge in [0.05, 0.1) is 0 Å². The van der Waals surface area contributed by atoms with Crippen LogP contribution in [0.25, 0.3) is 0 Å². The SMILES string of the molecule is Cc1c(C(F)(F)F)nn(CC(=O)N2CC3CN(C(=O)c4ccc(Cl)cc4)CC3C2)c1C. The second-order valence-corrected chi connectivity index (χ2v) is 8.69. The third-order valence-electron chi connectivity index (χ3n) is 6.28. The molecule has 2 aliphatic rings. The zero-order chi connectivity index (χ0) is 22.5. The van der Waals surface area contributed by atoms with E-state index in [4.69, 9.17) is 11.6 Å². The van der Waals surface area contributed by atoms with Crippen LogP contribution in [0, 0.1) is 25.7 Å².